The van der Waals surface area contributed by atoms with Crippen LogP contribution in [0.1, 0.15) is 55.2 Å². The maximum Gasteiger partial charge on any atom is 0.418 e. The van der Waals surface area contributed by atoms with Crippen LogP contribution in [0.3, 0.4) is 0 Å². The first-order chi connectivity index (χ1) is 18.8. The number of hydrogen-bond acceptors (Lipinski definition) is 4. The molecule has 0 saturated carbocycles. The summed E-state index contributed by atoms with van der Waals surface area (Å²) in [6.07, 6.45) is -6.50. The van der Waals surface area contributed by atoms with Crippen molar-refractivity contribution in [2.24, 2.45) is 5.92 Å². The minimum Gasteiger partial charge on any atom is -0.479 e. The molecule has 1 aliphatic carbocycles. The Hall–Kier alpha value is -3.93. The normalized spacial score (nSPS) is 19.4. The summed E-state index contributed by atoms with van der Waals surface area (Å²) in [6, 6.07) is 7.48. The quantitative estimate of drug-likeness (QED) is 0.264. The van der Waals surface area contributed by atoms with Crippen molar-refractivity contribution < 1.29 is 42.2 Å². The molecule has 0 saturated heterocycles. The number of benzene rings is 2. The van der Waals surface area contributed by atoms with Crippen molar-refractivity contribution in [3.63, 3.8) is 0 Å². The number of aliphatic hydroxyl groups is 1. The number of carbonyl (C=O) groups is 3. The van der Waals surface area contributed by atoms with Gasteiger partial charge in [-0.2, -0.15) is 13.2 Å². The number of para-hydroxylation sites is 1. The van der Waals surface area contributed by atoms with E-state index in [0.29, 0.717) is 17.7 Å². The van der Waals surface area contributed by atoms with Crippen LogP contribution in [0, 0.1) is 11.7 Å². The maximum atomic E-state index is 14.1. The summed E-state index contributed by atoms with van der Waals surface area (Å²) in [5.74, 6) is -4.59. The number of alkyl halides is 3. The zero-order valence-electron chi connectivity index (χ0n) is 21.7. The van der Waals surface area contributed by atoms with Crippen molar-refractivity contribution in [2.75, 3.05) is 0 Å². The van der Waals surface area contributed by atoms with Crippen LogP contribution in [0.25, 0.3) is 10.9 Å². The third-order valence-electron chi connectivity index (χ3n) is 7.63. The summed E-state index contributed by atoms with van der Waals surface area (Å²) in [4.78, 5) is 41.6. The second-order valence-corrected chi connectivity index (χ2v) is 10.2. The molecular formula is C28H29F4N3O5. The summed E-state index contributed by atoms with van der Waals surface area (Å²) in [5.41, 5.74) is -2.38. The molecule has 0 radical (unpaired) electrons. The van der Waals surface area contributed by atoms with E-state index >= 15 is 0 Å². The number of hydrogen-bond donors (Lipinski definition) is 5. The summed E-state index contributed by atoms with van der Waals surface area (Å²) in [5, 5.41) is 25.8. The van der Waals surface area contributed by atoms with Crippen LogP contribution in [-0.4, -0.2) is 44.6 Å². The Morgan fingerprint density at radius 3 is 2.42 bits per heavy atom. The molecule has 0 bridgehead atoms. The number of amides is 2. The lowest BCUT2D eigenvalue weighted by atomic mass is 9.79. The Morgan fingerprint density at radius 2 is 1.80 bits per heavy atom. The zero-order valence-corrected chi connectivity index (χ0v) is 21.7. The van der Waals surface area contributed by atoms with E-state index in [-0.39, 0.29) is 35.7 Å². The summed E-state index contributed by atoms with van der Waals surface area (Å²) >= 11 is 0. The van der Waals surface area contributed by atoms with Gasteiger partial charge in [-0.05, 0) is 36.5 Å². The third-order valence-corrected chi connectivity index (χ3v) is 7.63. The van der Waals surface area contributed by atoms with Gasteiger partial charge in [0, 0.05) is 23.1 Å². The lowest BCUT2D eigenvalue weighted by Gasteiger charge is -2.36. The van der Waals surface area contributed by atoms with Crippen LogP contribution < -0.4 is 10.6 Å². The molecule has 1 aromatic heterocycles. The largest absolute Gasteiger partial charge is 0.479 e. The molecule has 4 atom stereocenters. The number of aliphatic carboxylic acids is 1. The van der Waals surface area contributed by atoms with Crippen molar-refractivity contribution >= 4 is 28.7 Å². The van der Waals surface area contributed by atoms with E-state index in [4.69, 9.17) is 0 Å². The predicted molar refractivity (Wildman–Crippen MR) is 137 cm³/mol. The first-order valence-corrected chi connectivity index (χ1v) is 12.8. The van der Waals surface area contributed by atoms with Crippen molar-refractivity contribution in [1.82, 2.24) is 15.6 Å². The lowest BCUT2D eigenvalue weighted by Crippen LogP contribution is -2.62. The molecule has 0 fully saturated rings. The van der Waals surface area contributed by atoms with Gasteiger partial charge >= 0.3 is 12.1 Å². The fraction of sp³-hybridized carbons (Fsp3) is 0.393. The van der Waals surface area contributed by atoms with E-state index in [1.807, 2.05) is 0 Å². The van der Waals surface area contributed by atoms with E-state index in [0.717, 1.165) is 12.1 Å². The SMILES string of the molecule is CCC(C)C(NC(=O)C(O)c1ccccc1F)C(=O)N[C@]1(C(=O)O)CCc2[nH]c3c(C(F)(F)F)cccc3c2C1. The molecule has 4 rings (SSSR count). The molecule has 0 spiro atoms. The molecule has 2 amide bonds. The fourth-order valence-electron chi connectivity index (χ4n) is 5.14. The molecule has 3 unspecified atom stereocenters. The second-order valence-electron chi connectivity index (χ2n) is 10.2. The maximum absolute atomic E-state index is 14.1. The number of aryl methyl sites for hydroxylation is 1. The van der Waals surface area contributed by atoms with Crippen LogP contribution in [-0.2, 0) is 33.4 Å². The van der Waals surface area contributed by atoms with Gasteiger partial charge in [-0.25, -0.2) is 9.18 Å². The van der Waals surface area contributed by atoms with Crippen molar-refractivity contribution in [3.8, 4) is 0 Å². The first kappa shape index (κ1) is 29.1. The van der Waals surface area contributed by atoms with Gasteiger partial charge in [0.15, 0.2) is 6.10 Å². The molecule has 1 aliphatic rings. The molecule has 12 heteroatoms. The number of carbonyl (C=O) groups excluding carboxylic acids is 2. The molecule has 1 heterocycles. The van der Waals surface area contributed by atoms with E-state index in [1.54, 1.807) is 13.8 Å². The zero-order chi connectivity index (χ0) is 29.4. The van der Waals surface area contributed by atoms with Gasteiger partial charge in [-0.15, -0.1) is 0 Å². The number of carboxylic acids is 1. The Bertz CT molecular complexity index is 1450. The molecule has 2 aromatic carbocycles. The number of aromatic amines is 1. The molecule has 214 valence electrons. The van der Waals surface area contributed by atoms with Crippen LogP contribution >= 0.6 is 0 Å². The highest BCUT2D eigenvalue weighted by atomic mass is 19.4. The average molecular weight is 564 g/mol. The van der Waals surface area contributed by atoms with Crippen LogP contribution in [0.5, 0.6) is 0 Å². The van der Waals surface area contributed by atoms with E-state index in [2.05, 4.69) is 15.6 Å². The van der Waals surface area contributed by atoms with E-state index in [1.165, 1.54) is 30.3 Å². The number of aliphatic hydroxyl groups excluding tert-OH is 1. The highest BCUT2D eigenvalue weighted by Crippen LogP contribution is 2.40. The molecule has 3 aromatic rings. The van der Waals surface area contributed by atoms with E-state index < -0.39 is 58.9 Å². The Morgan fingerprint density at radius 1 is 1.10 bits per heavy atom. The van der Waals surface area contributed by atoms with Crippen LogP contribution in [0.2, 0.25) is 0 Å². The summed E-state index contributed by atoms with van der Waals surface area (Å²) in [7, 11) is 0. The molecule has 0 aliphatic heterocycles. The average Bonchev–Trinajstić information content (AvgIpc) is 3.28. The highest BCUT2D eigenvalue weighted by molar-refractivity contribution is 5.95. The molecule has 8 nitrogen and oxygen atoms in total. The standard InChI is InChI=1S/C28H29F4N3O5/c1-3-14(2)21(34-25(38)23(36)16-7-4-5-10-19(16)29)24(37)35-27(26(39)40)12-11-20-17(13-27)15-8-6-9-18(22(15)33-20)28(30,31)32/h4-10,14,21,23,33,36H,3,11-13H2,1-2H3,(H,34,38)(H,35,37)(H,39,40)/t14?,21?,23?,27-/m1/s1. The number of fused-ring (bicyclic) bond motifs is 3. The van der Waals surface area contributed by atoms with Gasteiger partial charge in [-0.1, -0.05) is 50.6 Å². The molecular weight excluding hydrogens is 534 g/mol. The summed E-state index contributed by atoms with van der Waals surface area (Å²) in [6.45, 7) is 3.39. The second kappa shape index (κ2) is 10.9. The minimum absolute atomic E-state index is 0.0558. The third kappa shape index (κ3) is 5.40. The number of rotatable bonds is 8. The van der Waals surface area contributed by atoms with Crippen molar-refractivity contribution in [3.05, 3.63) is 70.7 Å². The topological polar surface area (TPSA) is 132 Å². The smallest absolute Gasteiger partial charge is 0.418 e. The Labute approximate surface area is 226 Å². The Balaban J connectivity index is 1.62. The van der Waals surface area contributed by atoms with Gasteiger partial charge in [0.1, 0.15) is 17.4 Å². The molecule has 40 heavy (non-hydrogen) atoms. The first-order valence-electron chi connectivity index (χ1n) is 12.8. The predicted octanol–water partition coefficient (Wildman–Crippen LogP) is 4.02. The van der Waals surface area contributed by atoms with Crippen molar-refractivity contribution in [2.45, 2.75) is 63.4 Å². The van der Waals surface area contributed by atoms with Gasteiger partial charge in [0.2, 0.25) is 5.91 Å². The number of nitrogens with one attached hydrogen (secondary N) is 3. The monoisotopic (exact) mass is 563 g/mol. The number of aromatic nitrogens is 1. The highest BCUT2D eigenvalue weighted by Gasteiger charge is 2.46. The Kier molecular flexibility index (Phi) is 7.93. The van der Waals surface area contributed by atoms with Crippen molar-refractivity contribution in [1.29, 1.82) is 0 Å². The summed E-state index contributed by atoms with van der Waals surface area (Å²) < 4.78 is 54.9. The van der Waals surface area contributed by atoms with Crippen LogP contribution in [0.15, 0.2) is 42.5 Å². The lowest BCUT2D eigenvalue weighted by molar-refractivity contribution is -0.149. The van der Waals surface area contributed by atoms with Gasteiger partial charge < -0.3 is 25.8 Å². The number of halogens is 4. The van der Waals surface area contributed by atoms with E-state index in [9.17, 15) is 42.2 Å². The fourth-order valence-corrected chi connectivity index (χ4v) is 5.14. The van der Waals surface area contributed by atoms with Gasteiger partial charge in [-0.3, -0.25) is 9.59 Å². The van der Waals surface area contributed by atoms with Gasteiger partial charge in [0.25, 0.3) is 5.91 Å². The minimum atomic E-state index is -4.62. The van der Waals surface area contributed by atoms with Crippen LogP contribution in [0.4, 0.5) is 17.6 Å². The number of carboxylic acid groups (broad SMARTS) is 1. The molecule has 5 N–H and O–H groups in total. The van der Waals surface area contributed by atoms with Gasteiger partial charge in [0.05, 0.1) is 11.1 Å². The number of H-pyrrole nitrogens is 1.